The summed E-state index contributed by atoms with van der Waals surface area (Å²) in [6, 6.07) is 19.5. The fraction of sp³-hybridized carbons (Fsp3) is 0.290. The van der Waals surface area contributed by atoms with E-state index in [0.717, 1.165) is 5.56 Å². The number of para-hydroxylation sites is 1. The molecule has 2 aromatic carbocycles. The third kappa shape index (κ3) is 8.25. The van der Waals surface area contributed by atoms with Gasteiger partial charge in [0.25, 0.3) is 0 Å². The standard InChI is InChI=1S/C31H32N6O8S/c38-27(34-16-25(30(39)40)36-29-28(46(42)43)23-10-4-5-11-24(23)35-29)19-44-22-14-21(15-33-26-12-6-7-13-32-26)37(17-22)31(41)45-18-20-8-2-1-3-9-20/h1-13,21-22,25H,14-19H2,(H,32,33)(H,34,38)(H,35,36)(H,39,40). The van der Waals surface area contributed by atoms with Crippen LogP contribution in [0, 0.1) is 0 Å². The molecule has 2 aliphatic rings. The van der Waals surface area contributed by atoms with Gasteiger partial charge in [0, 0.05) is 24.0 Å². The van der Waals surface area contributed by atoms with Crippen molar-refractivity contribution in [3.8, 4) is 0 Å². The Hall–Kier alpha value is -5.28. The molecule has 46 heavy (non-hydrogen) atoms. The van der Waals surface area contributed by atoms with Crippen molar-refractivity contribution < 1.29 is 37.4 Å². The number of amides is 2. The Morgan fingerprint density at radius 1 is 1.07 bits per heavy atom. The molecule has 1 saturated heterocycles. The third-order valence-electron chi connectivity index (χ3n) is 7.32. The molecule has 3 unspecified atom stereocenters. The number of carbonyl (C=O) groups excluding carboxylic acids is 2. The molecule has 240 valence electrons. The zero-order chi connectivity index (χ0) is 32.5. The SMILES string of the molecule is O=C(COC1CC(CNc2ccccn2)N(C(=O)OCc2ccccc2)C1)NCC(N=C1Nc2ccccc2C1=S(=O)=O)C(=O)O. The highest BCUT2D eigenvalue weighted by Gasteiger charge is 2.37. The van der Waals surface area contributed by atoms with Crippen molar-refractivity contribution in [1.29, 1.82) is 0 Å². The first-order valence-electron chi connectivity index (χ1n) is 14.4. The molecule has 0 saturated carbocycles. The van der Waals surface area contributed by atoms with Gasteiger partial charge in [-0.15, -0.1) is 0 Å². The molecule has 14 nitrogen and oxygen atoms in total. The Balaban J connectivity index is 1.16. The summed E-state index contributed by atoms with van der Waals surface area (Å²) < 4.78 is 35.1. The number of nitrogens with zero attached hydrogens (tertiary/aromatic N) is 3. The van der Waals surface area contributed by atoms with E-state index in [2.05, 4.69) is 25.9 Å². The van der Waals surface area contributed by atoms with Crippen LogP contribution in [0.3, 0.4) is 0 Å². The van der Waals surface area contributed by atoms with Crippen molar-refractivity contribution in [1.82, 2.24) is 15.2 Å². The van der Waals surface area contributed by atoms with Gasteiger partial charge < -0.3 is 35.4 Å². The van der Waals surface area contributed by atoms with Crippen molar-refractivity contribution in [2.45, 2.75) is 31.2 Å². The minimum absolute atomic E-state index is 0.102. The minimum Gasteiger partial charge on any atom is -0.480 e. The van der Waals surface area contributed by atoms with Gasteiger partial charge >= 0.3 is 12.1 Å². The number of carboxylic acids is 1. The number of ether oxygens (including phenoxy) is 2. The topological polar surface area (TPSA) is 189 Å². The zero-order valence-electron chi connectivity index (χ0n) is 24.5. The number of pyridine rings is 1. The number of aliphatic carboxylic acids is 1. The summed E-state index contributed by atoms with van der Waals surface area (Å²) in [6.45, 7) is -0.151. The lowest BCUT2D eigenvalue weighted by Crippen LogP contribution is -2.40. The smallest absolute Gasteiger partial charge is 0.410 e. The van der Waals surface area contributed by atoms with E-state index in [1.165, 1.54) is 0 Å². The number of amidine groups is 1. The lowest BCUT2D eigenvalue weighted by atomic mass is 10.1. The van der Waals surface area contributed by atoms with E-state index in [0.29, 0.717) is 30.0 Å². The van der Waals surface area contributed by atoms with E-state index in [1.54, 1.807) is 47.5 Å². The highest BCUT2D eigenvalue weighted by atomic mass is 32.2. The number of hydrogen-bond acceptors (Lipinski definition) is 10. The van der Waals surface area contributed by atoms with Gasteiger partial charge in [-0.25, -0.2) is 19.6 Å². The van der Waals surface area contributed by atoms with Crippen LogP contribution in [0.5, 0.6) is 0 Å². The number of rotatable bonds is 12. The summed E-state index contributed by atoms with van der Waals surface area (Å²) >= 11 is 0. The molecule has 1 aromatic heterocycles. The largest absolute Gasteiger partial charge is 0.480 e. The lowest BCUT2D eigenvalue weighted by molar-refractivity contribution is -0.138. The first kappa shape index (κ1) is 32.1. The molecule has 3 atom stereocenters. The number of aliphatic imine (C=N–C) groups is 1. The average Bonchev–Trinajstić information content (AvgIpc) is 3.65. The first-order valence-corrected chi connectivity index (χ1v) is 15.5. The molecule has 3 aromatic rings. The monoisotopic (exact) mass is 648 g/mol. The van der Waals surface area contributed by atoms with Gasteiger partial charge in [-0.05, 0) is 30.2 Å². The van der Waals surface area contributed by atoms with Crippen LogP contribution in [0.1, 0.15) is 17.5 Å². The van der Waals surface area contributed by atoms with Crippen LogP contribution in [0.25, 0.3) is 0 Å². The minimum atomic E-state index is -2.68. The molecule has 15 heteroatoms. The summed E-state index contributed by atoms with van der Waals surface area (Å²) in [4.78, 5) is 47.4. The summed E-state index contributed by atoms with van der Waals surface area (Å²) in [5.74, 6) is -1.43. The second-order valence-electron chi connectivity index (χ2n) is 10.5. The van der Waals surface area contributed by atoms with Gasteiger partial charge in [0.15, 0.2) is 6.04 Å². The van der Waals surface area contributed by atoms with Crippen LogP contribution in [-0.4, -0.2) is 96.5 Å². The number of carboxylic acid groups (broad SMARTS) is 1. The van der Waals surface area contributed by atoms with Crippen LogP contribution in [-0.2, 0) is 36.0 Å². The molecule has 1 fully saturated rings. The quantitative estimate of drug-likeness (QED) is 0.210. The molecule has 0 spiro atoms. The molecule has 2 aliphatic heterocycles. The number of likely N-dealkylation sites (tertiary alicyclic amines) is 1. The molecule has 0 aliphatic carbocycles. The second-order valence-corrected chi connectivity index (χ2v) is 11.4. The Labute approximate surface area is 266 Å². The fourth-order valence-electron chi connectivity index (χ4n) is 5.06. The number of fused-ring (bicyclic) bond motifs is 1. The lowest BCUT2D eigenvalue weighted by Gasteiger charge is -2.24. The summed E-state index contributed by atoms with van der Waals surface area (Å²) in [5, 5.41) is 18.2. The molecule has 4 N–H and O–H groups in total. The summed E-state index contributed by atoms with van der Waals surface area (Å²) in [7, 11) is -2.68. The Kier molecular flexibility index (Phi) is 10.6. The van der Waals surface area contributed by atoms with Gasteiger partial charge in [-0.1, -0.05) is 54.6 Å². The molecule has 0 radical (unpaired) electrons. The number of carbonyl (C=O) groups is 3. The van der Waals surface area contributed by atoms with Crippen molar-refractivity contribution in [3.63, 3.8) is 0 Å². The number of nitrogens with one attached hydrogen (secondary N) is 3. The Morgan fingerprint density at radius 3 is 2.57 bits per heavy atom. The maximum Gasteiger partial charge on any atom is 0.410 e. The van der Waals surface area contributed by atoms with Gasteiger partial charge in [0.1, 0.15) is 29.7 Å². The Bertz CT molecular complexity index is 1730. The molecular formula is C31H32N6O8S. The number of benzene rings is 2. The van der Waals surface area contributed by atoms with Crippen LogP contribution in [0.15, 0.2) is 84.0 Å². The maximum atomic E-state index is 13.1. The fourth-order valence-corrected chi connectivity index (χ4v) is 5.68. The predicted octanol–water partition coefficient (Wildman–Crippen LogP) is 1.78. The van der Waals surface area contributed by atoms with Crippen LogP contribution >= 0.6 is 0 Å². The molecule has 2 amide bonds. The average molecular weight is 649 g/mol. The van der Waals surface area contributed by atoms with E-state index in [-0.39, 0.29) is 29.9 Å². The van der Waals surface area contributed by atoms with E-state index in [1.807, 2.05) is 36.4 Å². The van der Waals surface area contributed by atoms with Gasteiger partial charge in [0.05, 0.1) is 25.2 Å². The van der Waals surface area contributed by atoms with E-state index in [9.17, 15) is 27.9 Å². The van der Waals surface area contributed by atoms with Crippen LogP contribution in [0.4, 0.5) is 16.3 Å². The molecular weight excluding hydrogens is 616 g/mol. The van der Waals surface area contributed by atoms with Gasteiger partial charge in [-0.2, -0.15) is 8.42 Å². The normalized spacial score (nSPS) is 18.4. The van der Waals surface area contributed by atoms with E-state index in [4.69, 9.17) is 9.47 Å². The van der Waals surface area contributed by atoms with Crippen LogP contribution < -0.4 is 16.0 Å². The summed E-state index contributed by atoms with van der Waals surface area (Å²) in [6.07, 6.45) is 1.05. The van der Waals surface area contributed by atoms with Gasteiger partial charge in [0.2, 0.25) is 16.2 Å². The molecule has 5 rings (SSSR count). The van der Waals surface area contributed by atoms with Gasteiger partial charge in [-0.3, -0.25) is 4.79 Å². The van der Waals surface area contributed by atoms with E-state index >= 15 is 0 Å². The highest BCUT2D eigenvalue weighted by molar-refractivity contribution is 7.75. The summed E-state index contributed by atoms with van der Waals surface area (Å²) in [5.41, 5.74) is 1.69. The predicted molar refractivity (Wildman–Crippen MR) is 169 cm³/mol. The second kappa shape index (κ2) is 15.1. The number of anilines is 2. The zero-order valence-corrected chi connectivity index (χ0v) is 25.4. The first-order chi connectivity index (χ1) is 22.3. The van der Waals surface area contributed by atoms with Crippen molar-refractivity contribution in [2.24, 2.45) is 4.99 Å². The van der Waals surface area contributed by atoms with Crippen molar-refractivity contribution in [3.05, 3.63) is 90.1 Å². The molecule has 3 heterocycles. The third-order valence-corrected chi connectivity index (χ3v) is 8.07. The molecule has 0 bridgehead atoms. The number of hydrogen-bond donors (Lipinski definition) is 4. The van der Waals surface area contributed by atoms with E-state index < -0.39 is 53.6 Å². The van der Waals surface area contributed by atoms with Crippen molar-refractivity contribution in [2.75, 3.05) is 36.9 Å². The Morgan fingerprint density at radius 2 is 1.83 bits per heavy atom. The highest BCUT2D eigenvalue weighted by Crippen LogP contribution is 2.24. The van der Waals surface area contributed by atoms with Crippen LogP contribution in [0.2, 0.25) is 0 Å². The maximum absolute atomic E-state index is 13.1. The van der Waals surface area contributed by atoms with Crippen molar-refractivity contribution >= 4 is 50.5 Å². The number of aromatic nitrogens is 1.